The molecule has 0 saturated carbocycles. The average molecular weight is 398 g/mol. The van der Waals surface area contributed by atoms with E-state index in [1.54, 1.807) is 63.2 Å². The lowest BCUT2D eigenvalue weighted by Crippen LogP contribution is -2.23. The van der Waals surface area contributed by atoms with Gasteiger partial charge in [-0.05, 0) is 13.8 Å². The molecule has 1 N–H and O–H groups in total. The molecule has 27 heavy (non-hydrogen) atoms. The zero-order valence-electron chi connectivity index (χ0n) is 15.2. The lowest BCUT2D eigenvalue weighted by molar-refractivity contribution is 0.141. The number of hydrogen-bond acceptors (Lipinski definition) is 5. The van der Waals surface area contributed by atoms with Crippen LogP contribution in [0.1, 0.15) is 13.8 Å². The minimum Gasteiger partial charge on any atom is -0.302 e. The van der Waals surface area contributed by atoms with E-state index in [4.69, 9.17) is 9.05 Å². The molecule has 0 unspecified atom stereocenters. The predicted octanol–water partition coefficient (Wildman–Crippen LogP) is 1.43. The van der Waals surface area contributed by atoms with Gasteiger partial charge >= 0.3 is 19.2 Å². The van der Waals surface area contributed by atoms with Crippen LogP contribution in [0.15, 0.2) is 46.5 Å². The van der Waals surface area contributed by atoms with Crippen molar-refractivity contribution in [1.82, 2.24) is 18.3 Å². The summed E-state index contributed by atoms with van der Waals surface area (Å²) in [5, 5.41) is 0. The summed E-state index contributed by atoms with van der Waals surface area (Å²) in [6, 6.07) is 0. The maximum Gasteiger partial charge on any atom is 0.472 e. The van der Waals surface area contributed by atoms with Crippen molar-refractivity contribution in [3.8, 4) is 0 Å². The molecular weight excluding hydrogens is 375 g/mol. The molecule has 11 heteroatoms. The number of rotatable bonds is 10. The first-order chi connectivity index (χ1) is 12.9. The molecule has 0 amide bonds. The topological polar surface area (TPSA) is 110 Å². The number of aromatic nitrogens is 4. The molecule has 0 aromatic carbocycles. The van der Waals surface area contributed by atoms with Gasteiger partial charge in [0.05, 0.1) is 26.3 Å². The van der Waals surface area contributed by atoms with Crippen molar-refractivity contribution >= 4 is 20.2 Å². The Morgan fingerprint density at radius 1 is 0.889 bits per heavy atom. The van der Waals surface area contributed by atoms with Crippen molar-refractivity contribution in [2.45, 2.75) is 26.9 Å². The fourth-order valence-electron chi connectivity index (χ4n) is 2.29. The van der Waals surface area contributed by atoms with Crippen molar-refractivity contribution in [2.75, 3.05) is 13.2 Å². The predicted molar refractivity (Wildman–Crippen MR) is 101 cm³/mol. The smallest absolute Gasteiger partial charge is 0.302 e. The Kier molecular flexibility index (Phi) is 7.37. The summed E-state index contributed by atoms with van der Waals surface area (Å²) in [5.74, 6) is 0. The Labute approximate surface area is 155 Å². The molecule has 2 heterocycles. The van der Waals surface area contributed by atoms with Crippen molar-refractivity contribution < 1.29 is 18.5 Å². The van der Waals surface area contributed by atoms with Crippen molar-refractivity contribution in [3.05, 3.63) is 57.9 Å². The zero-order chi connectivity index (χ0) is 19.9. The molecule has 0 spiro atoms. The molecule has 10 nitrogen and oxygen atoms in total. The van der Waals surface area contributed by atoms with Crippen LogP contribution in [-0.4, -0.2) is 36.4 Å². The molecule has 148 valence electrons. The monoisotopic (exact) mass is 398 g/mol. The van der Waals surface area contributed by atoms with Gasteiger partial charge in [0, 0.05) is 37.2 Å². The van der Waals surface area contributed by atoms with Crippen LogP contribution in [0.5, 0.6) is 0 Å². The minimum atomic E-state index is -4.28. The molecule has 2 rings (SSSR count). The molecule has 0 bridgehead atoms. The van der Waals surface area contributed by atoms with E-state index < -0.39 is 7.82 Å². The number of phosphoric ester groups is 1. The molecule has 0 aliphatic carbocycles. The molecule has 0 aliphatic heterocycles. The van der Waals surface area contributed by atoms with Crippen LogP contribution in [0, 0.1) is 0 Å². The first kappa shape index (κ1) is 20.9. The largest absolute Gasteiger partial charge is 0.472 e. The van der Waals surface area contributed by atoms with E-state index in [9.17, 15) is 19.0 Å². The Morgan fingerprint density at radius 2 is 1.30 bits per heavy atom. The normalized spacial score (nSPS) is 12.6. The van der Waals surface area contributed by atoms with Crippen LogP contribution < -0.4 is 11.4 Å². The van der Waals surface area contributed by atoms with E-state index in [1.807, 2.05) is 0 Å². The molecule has 0 radical (unpaired) electrons. The third kappa shape index (κ3) is 5.80. The van der Waals surface area contributed by atoms with Crippen LogP contribution in [-0.2, 0) is 26.7 Å². The standard InChI is InChI=1S/C16H23N4O6P/c1-3-5-17-7-9-19(15(17)21)11-13-25-27(23,24)26-14-12-20-10-8-18(6-4-2)16(20)22/h3-10H,11-14H2,1-2H3,(H,23,24)/b5-3+,6-4+. The summed E-state index contributed by atoms with van der Waals surface area (Å²) in [6.45, 7) is 3.42. The minimum absolute atomic E-state index is 0.100. The van der Waals surface area contributed by atoms with Gasteiger partial charge in [0.2, 0.25) is 0 Å². The fourth-order valence-corrected chi connectivity index (χ4v) is 2.99. The van der Waals surface area contributed by atoms with Crippen LogP contribution in [0.2, 0.25) is 0 Å². The van der Waals surface area contributed by atoms with E-state index >= 15 is 0 Å². The maximum atomic E-state index is 11.9. The lowest BCUT2D eigenvalue weighted by atomic mass is 10.7. The van der Waals surface area contributed by atoms with E-state index in [-0.39, 0.29) is 37.7 Å². The molecule has 2 aromatic heterocycles. The summed E-state index contributed by atoms with van der Waals surface area (Å²) in [7, 11) is -4.28. The van der Waals surface area contributed by atoms with Gasteiger partial charge in [0.15, 0.2) is 0 Å². The van der Waals surface area contributed by atoms with Gasteiger partial charge in [-0.3, -0.25) is 27.3 Å². The van der Waals surface area contributed by atoms with Crippen LogP contribution in [0.25, 0.3) is 12.4 Å². The van der Waals surface area contributed by atoms with E-state index in [0.717, 1.165) is 0 Å². The maximum absolute atomic E-state index is 11.9. The first-order valence-corrected chi connectivity index (χ1v) is 9.79. The highest BCUT2D eigenvalue weighted by molar-refractivity contribution is 7.47. The Bertz CT molecular complexity index is 890. The summed E-state index contributed by atoms with van der Waals surface area (Å²) >= 11 is 0. The number of imidazole rings is 2. The molecular formula is C16H23N4O6P. The first-order valence-electron chi connectivity index (χ1n) is 8.30. The van der Waals surface area contributed by atoms with Gasteiger partial charge in [-0.25, -0.2) is 14.2 Å². The second-order valence-electron chi connectivity index (χ2n) is 5.46. The summed E-state index contributed by atoms with van der Waals surface area (Å²) in [4.78, 5) is 33.6. The molecule has 0 atom stereocenters. The number of nitrogens with zero attached hydrogens (tertiary/aromatic N) is 4. The van der Waals surface area contributed by atoms with E-state index in [1.165, 1.54) is 18.3 Å². The Hall–Kier alpha value is -2.39. The van der Waals surface area contributed by atoms with Gasteiger partial charge < -0.3 is 4.89 Å². The third-order valence-electron chi connectivity index (χ3n) is 3.54. The summed E-state index contributed by atoms with van der Waals surface area (Å²) < 4.78 is 27.1. The second kappa shape index (κ2) is 9.52. The highest BCUT2D eigenvalue weighted by atomic mass is 31.2. The highest BCUT2D eigenvalue weighted by Gasteiger charge is 2.21. The zero-order valence-corrected chi connectivity index (χ0v) is 16.1. The number of phosphoric acid groups is 1. The highest BCUT2D eigenvalue weighted by Crippen LogP contribution is 2.42. The molecule has 0 aliphatic rings. The Morgan fingerprint density at radius 3 is 1.67 bits per heavy atom. The van der Waals surface area contributed by atoms with E-state index in [2.05, 4.69) is 0 Å². The van der Waals surface area contributed by atoms with Crippen molar-refractivity contribution in [1.29, 1.82) is 0 Å². The van der Waals surface area contributed by atoms with Gasteiger partial charge in [0.25, 0.3) is 0 Å². The molecule has 0 saturated heterocycles. The van der Waals surface area contributed by atoms with Crippen LogP contribution in [0.3, 0.4) is 0 Å². The number of allylic oxidation sites excluding steroid dienone is 2. The van der Waals surface area contributed by atoms with Crippen LogP contribution >= 0.6 is 7.82 Å². The molecule has 2 aromatic rings. The lowest BCUT2D eigenvalue weighted by Gasteiger charge is -2.12. The van der Waals surface area contributed by atoms with Gasteiger partial charge in [-0.2, -0.15) is 0 Å². The van der Waals surface area contributed by atoms with Gasteiger partial charge in [-0.1, -0.05) is 12.2 Å². The molecule has 0 fully saturated rings. The van der Waals surface area contributed by atoms with Crippen molar-refractivity contribution in [2.24, 2.45) is 0 Å². The third-order valence-corrected chi connectivity index (χ3v) is 4.56. The summed E-state index contributed by atoms with van der Waals surface area (Å²) in [5.41, 5.74) is -0.564. The van der Waals surface area contributed by atoms with Crippen molar-refractivity contribution in [3.63, 3.8) is 0 Å². The quantitative estimate of drug-likeness (QED) is 0.607. The number of hydrogen-bond donors (Lipinski definition) is 1. The van der Waals surface area contributed by atoms with Gasteiger partial charge in [0.1, 0.15) is 0 Å². The van der Waals surface area contributed by atoms with Crippen LogP contribution in [0.4, 0.5) is 0 Å². The fraction of sp³-hybridized carbons (Fsp3) is 0.375. The summed E-state index contributed by atoms with van der Waals surface area (Å²) in [6.07, 6.45) is 12.9. The van der Waals surface area contributed by atoms with E-state index in [0.29, 0.717) is 0 Å². The second-order valence-corrected chi connectivity index (χ2v) is 6.92. The van der Waals surface area contributed by atoms with Gasteiger partial charge in [-0.15, -0.1) is 0 Å². The average Bonchev–Trinajstić information content (AvgIpc) is 3.13. The Balaban J connectivity index is 1.81. The SMILES string of the molecule is C/C=C/n1ccn(CCOP(=O)(O)OCCn2ccn(/C=C/C)c2=O)c1=O.